The fourth-order valence-corrected chi connectivity index (χ4v) is 3.60. The predicted octanol–water partition coefficient (Wildman–Crippen LogP) is 3.96. The summed E-state index contributed by atoms with van der Waals surface area (Å²) in [6.45, 7) is 1.97. The second kappa shape index (κ2) is 7.37. The van der Waals surface area contributed by atoms with Crippen LogP contribution < -0.4 is 10.5 Å². The van der Waals surface area contributed by atoms with Gasteiger partial charge in [-0.15, -0.1) is 0 Å². The first-order valence-corrected chi connectivity index (χ1v) is 9.34. The normalized spacial score (nSPS) is 16.5. The lowest BCUT2D eigenvalue weighted by atomic mass is 9.86. The summed E-state index contributed by atoms with van der Waals surface area (Å²) < 4.78 is 77.2. The van der Waals surface area contributed by atoms with E-state index >= 15 is 0 Å². The van der Waals surface area contributed by atoms with E-state index in [1.165, 1.54) is 29.1 Å². The zero-order chi connectivity index (χ0) is 23.3. The van der Waals surface area contributed by atoms with Crippen molar-refractivity contribution in [3.05, 3.63) is 71.0 Å². The Morgan fingerprint density at radius 1 is 1.16 bits per heavy atom. The van der Waals surface area contributed by atoms with Gasteiger partial charge in [0, 0.05) is 12.7 Å². The number of allylic oxidation sites excluding steroid dienone is 1. The molecule has 4 rings (SSSR count). The first-order valence-electron chi connectivity index (χ1n) is 9.34. The first-order chi connectivity index (χ1) is 15.1. The number of rotatable bonds is 4. The molecule has 0 amide bonds. The molecule has 1 aliphatic rings. The fourth-order valence-electron chi connectivity index (χ4n) is 3.60. The van der Waals surface area contributed by atoms with Crippen LogP contribution in [0.25, 0.3) is 5.69 Å². The van der Waals surface area contributed by atoms with Crippen LogP contribution in [0.1, 0.15) is 29.8 Å². The van der Waals surface area contributed by atoms with Gasteiger partial charge in [-0.3, -0.25) is 4.68 Å². The summed E-state index contributed by atoms with van der Waals surface area (Å²) >= 11 is 0. The number of nitriles is 1. The minimum atomic E-state index is -5.94. The number of halogens is 5. The Hall–Kier alpha value is -3.88. The fraction of sp³-hybridized carbons (Fsp3) is 0.250. The van der Waals surface area contributed by atoms with Crippen LogP contribution in [0.2, 0.25) is 0 Å². The summed E-state index contributed by atoms with van der Waals surface area (Å²) in [6, 6.07) is 10.8. The quantitative estimate of drug-likeness (QED) is 0.608. The number of hydrogen-bond acceptors (Lipinski definition) is 5. The molecule has 0 saturated heterocycles. The summed E-state index contributed by atoms with van der Waals surface area (Å²) in [5, 5.41) is 17.3. The zero-order valence-electron chi connectivity index (χ0n) is 16.4. The van der Waals surface area contributed by atoms with Crippen LogP contribution in [0.5, 0.6) is 5.88 Å². The van der Waals surface area contributed by atoms with Crippen LogP contribution in [0, 0.1) is 11.3 Å². The van der Waals surface area contributed by atoms with Crippen LogP contribution in [-0.4, -0.2) is 25.7 Å². The molecule has 3 heterocycles. The second-order valence-electron chi connectivity index (χ2n) is 6.88. The highest BCUT2D eigenvalue weighted by Gasteiger charge is 2.63. The Morgan fingerprint density at radius 3 is 2.44 bits per heavy atom. The number of hydrogen-bond donors (Lipinski definition) is 1. The minimum Gasteiger partial charge on any atom is -0.422 e. The van der Waals surface area contributed by atoms with Gasteiger partial charge in [0.1, 0.15) is 17.3 Å². The van der Waals surface area contributed by atoms with E-state index in [1.54, 1.807) is 31.2 Å². The Labute approximate surface area is 178 Å². The standard InChI is InChI=1S/C20H15F5N6O/c1-2-30-13(8-9-28-30)14-12(10-26)17(27)32-18-15(14)16(19(21,22)20(23,24)25)29-31(18)11-6-4-3-5-7-11/h3-9,14H,2,27H2,1H3/t14-/m0/s1. The first kappa shape index (κ1) is 21.4. The van der Waals surface area contributed by atoms with Crippen molar-refractivity contribution in [2.75, 3.05) is 0 Å². The average molecular weight is 450 g/mol. The third kappa shape index (κ3) is 3.08. The van der Waals surface area contributed by atoms with E-state index in [0.717, 1.165) is 4.68 Å². The van der Waals surface area contributed by atoms with E-state index in [2.05, 4.69) is 10.2 Å². The topological polar surface area (TPSA) is 94.7 Å². The molecule has 2 N–H and O–H groups in total. The van der Waals surface area contributed by atoms with E-state index in [9.17, 15) is 27.2 Å². The summed E-state index contributed by atoms with van der Waals surface area (Å²) in [4.78, 5) is 0. The predicted molar refractivity (Wildman–Crippen MR) is 101 cm³/mol. The number of para-hydroxylation sites is 1. The zero-order valence-corrected chi connectivity index (χ0v) is 16.4. The molecule has 166 valence electrons. The van der Waals surface area contributed by atoms with Crippen molar-refractivity contribution in [3.63, 3.8) is 0 Å². The number of aromatic nitrogens is 4. The largest absolute Gasteiger partial charge is 0.459 e. The summed E-state index contributed by atoms with van der Waals surface area (Å²) in [5.41, 5.74) is 3.77. The van der Waals surface area contributed by atoms with Gasteiger partial charge in [-0.05, 0) is 25.1 Å². The van der Waals surface area contributed by atoms with Gasteiger partial charge in [-0.1, -0.05) is 18.2 Å². The van der Waals surface area contributed by atoms with Crippen molar-refractivity contribution in [3.8, 4) is 17.6 Å². The SMILES string of the molecule is CCn1nccc1[C@@H]1C(C#N)=C(N)Oc2c1c(C(F)(F)C(F)(F)F)nn2-c1ccccc1. The monoisotopic (exact) mass is 450 g/mol. The smallest absolute Gasteiger partial charge is 0.422 e. The van der Waals surface area contributed by atoms with Crippen LogP contribution >= 0.6 is 0 Å². The minimum absolute atomic E-state index is 0.170. The highest BCUT2D eigenvalue weighted by molar-refractivity contribution is 5.57. The van der Waals surface area contributed by atoms with Gasteiger partial charge in [0.2, 0.25) is 11.8 Å². The number of nitrogens with zero attached hydrogens (tertiary/aromatic N) is 5. The van der Waals surface area contributed by atoms with Gasteiger partial charge in [-0.25, -0.2) is 0 Å². The Morgan fingerprint density at radius 2 is 1.84 bits per heavy atom. The molecule has 0 spiro atoms. The molecule has 1 aliphatic heterocycles. The maximum Gasteiger partial charge on any atom is 0.459 e. The molecule has 0 aliphatic carbocycles. The lowest BCUT2D eigenvalue weighted by Crippen LogP contribution is -2.36. The molecule has 12 heteroatoms. The number of aryl methyl sites for hydroxylation is 1. The number of ether oxygens (including phenoxy) is 1. The molecule has 0 saturated carbocycles. The highest BCUT2D eigenvalue weighted by atomic mass is 19.4. The Balaban J connectivity index is 2.10. The third-order valence-corrected chi connectivity index (χ3v) is 5.05. The lowest BCUT2D eigenvalue weighted by molar-refractivity contribution is -0.291. The third-order valence-electron chi connectivity index (χ3n) is 5.05. The molecule has 0 unspecified atom stereocenters. The number of nitrogens with two attached hydrogens (primary N) is 1. The van der Waals surface area contributed by atoms with E-state index in [-0.39, 0.29) is 23.5 Å². The molecule has 7 nitrogen and oxygen atoms in total. The van der Waals surface area contributed by atoms with Gasteiger partial charge in [0.15, 0.2) is 0 Å². The molecule has 1 atom stereocenters. The van der Waals surface area contributed by atoms with Crippen molar-refractivity contribution >= 4 is 0 Å². The summed E-state index contributed by atoms with van der Waals surface area (Å²) in [5.74, 6) is -7.58. The van der Waals surface area contributed by atoms with E-state index in [1.807, 2.05) is 0 Å². The van der Waals surface area contributed by atoms with Crippen molar-refractivity contribution in [2.24, 2.45) is 5.73 Å². The van der Waals surface area contributed by atoms with Gasteiger partial charge in [-0.2, -0.15) is 42.1 Å². The van der Waals surface area contributed by atoms with E-state index in [0.29, 0.717) is 0 Å². The number of benzene rings is 1. The summed E-state index contributed by atoms with van der Waals surface area (Å²) in [6.07, 6.45) is -4.59. The van der Waals surface area contributed by atoms with E-state index in [4.69, 9.17) is 10.5 Å². The molecule has 3 aromatic rings. The van der Waals surface area contributed by atoms with Gasteiger partial charge >= 0.3 is 12.1 Å². The lowest BCUT2D eigenvalue weighted by Gasteiger charge is -2.27. The van der Waals surface area contributed by atoms with Crippen LogP contribution in [0.3, 0.4) is 0 Å². The molecule has 2 aromatic heterocycles. The summed E-state index contributed by atoms with van der Waals surface area (Å²) in [7, 11) is 0. The van der Waals surface area contributed by atoms with Crippen molar-refractivity contribution in [1.82, 2.24) is 19.6 Å². The number of fused-ring (bicyclic) bond motifs is 1. The van der Waals surface area contributed by atoms with Crippen molar-refractivity contribution < 1.29 is 26.7 Å². The highest BCUT2D eigenvalue weighted by Crippen LogP contribution is 2.52. The molecular weight excluding hydrogens is 435 g/mol. The average Bonchev–Trinajstić information content (AvgIpc) is 3.37. The molecule has 1 aromatic carbocycles. The maximum absolute atomic E-state index is 14.7. The molecule has 0 fully saturated rings. The van der Waals surface area contributed by atoms with Crippen molar-refractivity contribution in [2.45, 2.75) is 31.5 Å². The van der Waals surface area contributed by atoms with Gasteiger partial charge in [0.25, 0.3) is 0 Å². The molecule has 0 bridgehead atoms. The Bertz CT molecular complexity index is 1240. The molecule has 32 heavy (non-hydrogen) atoms. The molecular formula is C20H15F5N6O. The maximum atomic E-state index is 14.7. The van der Waals surface area contributed by atoms with Crippen LogP contribution in [0.15, 0.2) is 54.1 Å². The number of alkyl halides is 5. The van der Waals surface area contributed by atoms with Crippen molar-refractivity contribution in [1.29, 1.82) is 5.26 Å². The van der Waals surface area contributed by atoms with Crippen LogP contribution in [0.4, 0.5) is 22.0 Å². The van der Waals surface area contributed by atoms with Gasteiger partial charge in [0.05, 0.1) is 22.9 Å². The second-order valence-corrected chi connectivity index (χ2v) is 6.88. The molecule has 0 radical (unpaired) electrons. The van der Waals surface area contributed by atoms with Crippen LogP contribution in [-0.2, 0) is 12.5 Å². The van der Waals surface area contributed by atoms with Gasteiger partial charge < -0.3 is 10.5 Å². The Kier molecular flexibility index (Phi) is 4.92. The van der Waals surface area contributed by atoms with E-state index < -0.39 is 41.0 Å².